The van der Waals surface area contributed by atoms with Crippen molar-refractivity contribution < 1.29 is 4.90 Å². The van der Waals surface area contributed by atoms with Crippen LogP contribution < -0.4 is 10.5 Å². The van der Waals surface area contributed by atoms with Gasteiger partial charge in [-0.1, -0.05) is 25.1 Å². The van der Waals surface area contributed by atoms with E-state index in [0.717, 1.165) is 34.3 Å². The summed E-state index contributed by atoms with van der Waals surface area (Å²) in [6, 6.07) is 8.90. The van der Waals surface area contributed by atoms with Crippen molar-refractivity contribution in [2.45, 2.75) is 90.9 Å². The second-order valence-electron chi connectivity index (χ2n) is 9.98. The minimum Gasteiger partial charge on any atom is -0.321 e. The molecule has 2 heterocycles. The summed E-state index contributed by atoms with van der Waals surface area (Å²) >= 11 is 0. The second kappa shape index (κ2) is 8.54. The number of aromatic amines is 1. The molecule has 0 radical (unpaired) electrons. The number of para-hydroxylation sites is 1. The zero-order valence-electron chi connectivity index (χ0n) is 19.4. The lowest BCUT2D eigenvalue weighted by Gasteiger charge is -2.33. The van der Waals surface area contributed by atoms with Crippen LogP contribution in [0.2, 0.25) is 0 Å². The number of H-pyrrole nitrogens is 1. The fraction of sp³-hybridized carbons (Fsp3) is 0.583. The van der Waals surface area contributed by atoms with E-state index in [4.69, 9.17) is 0 Å². The molecule has 1 aliphatic carbocycles. The van der Waals surface area contributed by atoms with Gasteiger partial charge in [0.15, 0.2) is 0 Å². The van der Waals surface area contributed by atoms with Crippen molar-refractivity contribution in [1.29, 1.82) is 0 Å². The first-order valence-electron chi connectivity index (χ1n) is 11.6. The number of fused-ring (bicyclic) bond motifs is 1. The van der Waals surface area contributed by atoms with Crippen molar-refractivity contribution in [1.82, 2.24) is 25.2 Å². The Balaban J connectivity index is 1.76. The van der Waals surface area contributed by atoms with Gasteiger partial charge in [-0.05, 0) is 80.8 Å². The Labute approximate surface area is 183 Å². The molecule has 1 unspecified atom stereocenters. The fourth-order valence-corrected chi connectivity index (χ4v) is 5.13. The van der Waals surface area contributed by atoms with Crippen LogP contribution in [0.3, 0.4) is 0 Å². The van der Waals surface area contributed by atoms with E-state index in [2.05, 4.69) is 60.3 Å². The van der Waals surface area contributed by atoms with Gasteiger partial charge in [0.25, 0.3) is 5.56 Å². The highest BCUT2D eigenvalue weighted by atomic mass is 16.1. The van der Waals surface area contributed by atoms with Gasteiger partial charge in [-0.25, -0.2) is 4.68 Å². The maximum absolute atomic E-state index is 13.0. The Hall–Kier alpha value is -2.54. The van der Waals surface area contributed by atoms with Gasteiger partial charge >= 0.3 is 0 Å². The van der Waals surface area contributed by atoms with Crippen LogP contribution in [0.4, 0.5) is 0 Å². The Morgan fingerprint density at radius 2 is 2.00 bits per heavy atom. The third-order valence-electron chi connectivity index (χ3n) is 6.74. The third kappa shape index (κ3) is 4.28. The number of aromatic nitrogens is 5. The summed E-state index contributed by atoms with van der Waals surface area (Å²) < 4.78 is 1.96. The number of pyridine rings is 1. The highest BCUT2D eigenvalue weighted by Crippen LogP contribution is 2.23. The molecule has 7 heteroatoms. The van der Waals surface area contributed by atoms with Crippen LogP contribution in [-0.4, -0.2) is 31.2 Å². The predicted octanol–water partition coefficient (Wildman–Crippen LogP) is 3.06. The van der Waals surface area contributed by atoms with E-state index >= 15 is 0 Å². The number of quaternary nitrogens is 1. The molecule has 3 aromatic rings. The Morgan fingerprint density at radius 1 is 1.26 bits per heavy atom. The molecule has 1 saturated carbocycles. The van der Waals surface area contributed by atoms with E-state index in [9.17, 15) is 4.79 Å². The minimum absolute atomic E-state index is 0.0163. The van der Waals surface area contributed by atoms with Gasteiger partial charge in [-0.15, -0.1) is 5.10 Å². The Kier molecular flexibility index (Phi) is 5.97. The number of nitrogens with zero attached hydrogens (tertiary/aromatic N) is 4. The minimum atomic E-state index is -0.189. The number of hydrogen-bond donors (Lipinski definition) is 2. The maximum atomic E-state index is 13.0. The summed E-state index contributed by atoms with van der Waals surface area (Å²) in [4.78, 5) is 17.6. The van der Waals surface area contributed by atoms with E-state index in [-0.39, 0.29) is 17.1 Å². The van der Waals surface area contributed by atoms with E-state index < -0.39 is 0 Å². The van der Waals surface area contributed by atoms with Gasteiger partial charge in [-0.3, -0.25) is 4.79 Å². The van der Waals surface area contributed by atoms with Gasteiger partial charge in [0.1, 0.15) is 12.6 Å². The molecule has 31 heavy (non-hydrogen) atoms. The summed E-state index contributed by atoms with van der Waals surface area (Å²) in [5.74, 6) is 0.921. The summed E-state index contributed by atoms with van der Waals surface area (Å²) in [6.45, 7) is 11.3. The summed E-state index contributed by atoms with van der Waals surface area (Å²) in [6.07, 6.45) is 5.80. The Bertz CT molecular complexity index is 1100. The average Bonchev–Trinajstić information content (AvgIpc) is 3.41. The van der Waals surface area contributed by atoms with E-state index in [1.54, 1.807) is 0 Å². The molecule has 0 aliphatic heterocycles. The molecule has 1 aliphatic rings. The molecule has 7 nitrogen and oxygen atoms in total. The number of benzene rings is 1. The number of tetrazole rings is 1. The van der Waals surface area contributed by atoms with Gasteiger partial charge in [0, 0.05) is 6.42 Å². The van der Waals surface area contributed by atoms with Crippen molar-refractivity contribution in [3.8, 4) is 0 Å². The van der Waals surface area contributed by atoms with Crippen LogP contribution in [0.15, 0.2) is 29.1 Å². The molecule has 0 saturated heterocycles. The predicted molar refractivity (Wildman–Crippen MR) is 122 cm³/mol. The molecule has 1 fully saturated rings. The molecule has 0 bridgehead atoms. The lowest BCUT2D eigenvalue weighted by molar-refractivity contribution is -0.969. The first-order valence-corrected chi connectivity index (χ1v) is 11.6. The maximum Gasteiger partial charge on any atom is 0.257 e. The van der Waals surface area contributed by atoms with Crippen molar-refractivity contribution in [2.75, 3.05) is 0 Å². The summed E-state index contributed by atoms with van der Waals surface area (Å²) in [5, 5.41) is 13.9. The number of nitrogens with one attached hydrogen (secondary N) is 2. The van der Waals surface area contributed by atoms with Gasteiger partial charge in [0.05, 0.1) is 22.7 Å². The monoisotopic (exact) mass is 423 g/mol. The normalized spacial score (nSPS) is 17.3. The largest absolute Gasteiger partial charge is 0.321 e. The smallest absolute Gasteiger partial charge is 0.257 e. The summed E-state index contributed by atoms with van der Waals surface area (Å²) in [7, 11) is 0. The first-order chi connectivity index (χ1) is 14.8. The zero-order chi connectivity index (χ0) is 22.2. The number of rotatable bonds is 6. The topological polar surface area (TPSA) is 80.9 Å². The fourth-order valence-electron chi connectivity index (χ4n) is 5.13. The molecule has 0 amide bonds. The molecule has 2 N–H and O–H groups in total. The van der Waals surface area contributed by atoms with E-state index in [0.29, 0.717) is 12.6 Å². The quantitative estimate of drug-likeness (QED) is 0.639. The lowest BCUT2D eigenvalue weighted by Crippen LogP contribution is -3.14. The third-order valence-corrected chi connectivity index (χ3v) is 6.74. The van der Waals surface area contributed by atoms with E-state index in [1.807, 2.05) is 23.7 Å². The summed E-state index contributed by atoms with van der Waals surface area (Å²) in [5.41, 5.74) is 2.69. The van der Waals surface area contributed by atoms with Crippen LogP contribution in [0.1, 0.15) is 82.8 Å². The zero-order valence-corrected chi connectivity index (χ0v) is 19.4. The molecule has 166 valence electrons. The SMILES string of the molecule is CC[C@@H](c1nnnn1C(C)(C)C)[NH+](Cc1cc2cccc(C)c2[nH]c1=O)C1CCCC1. The second-order valence-corrected chi connectivity index (χ2v) is 9.98. The lowest BCUT2D eigenvalue weighted by atomic mass is 10.0. The van der Waals surface area contributed by atoms with Gasteiger partial charge in [0.2, 0.25) is 5.82 Å². The van der Waals surface area contributed by atoms with Crippen LogP contribution in [0, 0.1) is 6.92 Å². The van der Waals surface area contributed by atoms with Crippen LogP contribution >= 0.6 is 0 Å². The first kappa shape index (κ1) is 21.7. The highest BCUT2D eigenvalue weighted by molar-refractivity contribution is 5.81. The Morgan fingerprint density at radius 3 is 2.68 bits per heavy atom. The number of hydrogen-bond acceptors (Lipinski definition) is 4. The molecular weight excluding hydrogens is 388 g/mol. The van der Waals surface area contributed by atoms with Crippen molar-refractivity contribution in [2.24, 2.45) is 0 Å². The van der Waals surface area contributed by atoms with Crippen molar-refractivity contribution in [3.05, 3.63) is 51.6 Å². The molecular formula is C24H35N6O+. The van der Waals surface area contributed by atoms with Gasteiger partial charge in [-0.2, -0.15) is 0 Å². The highest BCUT2D eigenvalue weighted by Gasteiger charge is 2.37. The molecule has 1 aromatic carbocycles. The molecule has 0 spiro atoms. The van der Waals surface area contributed by atoms with E-state index in [1.165, 1.54) is 30.6 Å². The average molecular weight is 424 g/mol. The van der Waals surface area contributed by atoms with Crippen molar-refractivity contribution >= 4 is 10.9 Å². The molecule has 2 aromatic heterocycles. The van der Waals surface area contributed by atoms with Gasteiger partial charge < -0.3 is 9.88 Å². The van der Waals surface area contributed by atoms with Crippen molar-refractivity contribution in [3.63, 3.8) is 0 Å². The standard InChI is InChI=1S/C24H34N6O/c1-6-20(22-26-27-28-30(22)24(3,4)5)29(19-12-7-8-13-19)15-18-14-17-11-9-10-16(2)21(17)25-23(18)31/h9-11,14,19-20H,6-8,12-13,15H2,1-5H3,(H,25,31)/p+1/t20-/m0/s1. The molecule has 4 rings (SSSR count). The van der Waals surface area contributed by atoms with Crippen LogP contribution in [0.25, 0.3) is 10.9 Å². The number of aryl methyl sites for hydroxylation is 1. The van der Waals surface area contributed by atoms with Crippen LogP contribution in [0.5, 0.6) is 0 Å². The van der Waals surface area contributed by atoms with Crippen LogP contribution in [-0.2, 0) is 12.1 Å². The molecule has 2 atom stereocenters.